The highest BCUT2D eigenvalue weighted by Gasteiger charge is 2.46. The maximum atomic E-state index is 12.2. The molecule has 0 radical (unpaired) electrons. The van der Waals surface area contributed by atoms with E-state index < -0.39 is 26.1 Å². The van der Waals surface area contributed by atoms with Crippen LogP contribution in [0.3, 0.4) is 0 Å². The van der Waals surface area contributed by atoms with Crippen molar-refractivity contribution in [3.63, 3.8) is 0 Å². The van der Waals surface area contributed by atoms with Gasteiger partial charge in [-0.05, 0) is 18.2 Å². The molecule has 0 fully saturated rings. The van der Waals surface area contributed by atoms with E-state index in [-0.39, 0.29) is 5.69 Å². The first-order chi connectivity index (χ1) is 7.64. The molecule has 17 heavy (non-hydrogen) atoms. The first-order valence-corrected chi connectivity index (χ1v) is 5.82. The van der Waals surface area contributed by atoms with E-state index in [2.05, 4.69) is 5.32 Å². The van der Waals surface area contributed by atoms with Crippen LogP contribution < -0.4 is 5.32 Å². The summed E-state index contributed by atoms with van der Waals surface area (Å²) in [5.41, 5.74) is -5.37. The lowest BCUT2D eigenvalue weighted by Crippen LogP contribution is -2.23. The summed E-state index contributed by atoms with van der Waals surface area (Å²) in [6, 6.07) is 3.97. The molecule has 1 aromatic rings. The Hall–Kier alpha value is -1.57. The molecule has 1 N–H and O–H groups in total. The largest absolute Gasteiger partial charge is 0.501 e. The molecule has 8 heteroatoms. The van der Waals surface area contributed by atoms with E-state index in [1.54, 1.807) is 0 Å². The number of carbonyl (C=O) groups excluding carboxylic acids is 1. The van der Waals surface area contributed by atoms with Crippen LogP contribution in [0.4, 0.5) is 18.9 Å². The Morgan fingerprint density at radius 1 is 1.29 bits per heavy atom. The molecule has 0 spiro atoms. The second kappa shape index (κ2) is 4.36. The van der Waals surface area contributed by atoms with Gasteiger partial charge in [-0.1, -0.05) is 6.07 Å². The lowest BCUT2D eigenvalue weighted by atomic mass is 10.3. The number of sulfone groups is 1. The fourth-order valence-electron chi connectivity index (χ4n) is 1.08. The summed E-state index contributed by atoms with van der Waals surface area (Å²) in [4.78, 5) is 9.78. The summed E-state index contributed by atoms with van der Waals surface area (Å²) in [5, 5.41) is 2.20. The molecule has 1 amide bonds. The van der Waals surface area contributed by atoms with Gasteiger partial charge >= 0.3 is 5.51 Å². The van der Waals surface area contributed by atoms with Crippen molar-refractivity contribution in [1.82, 2.24) is 0 Å². The van der Waals surface area contributed by atoms with Gasteiger partial charge in [0.05, 0.1) is 4.90 Å². The zero-order chi connectivity index (χ0) is 13.3. The maximum absolute atomic E-state index is 12.2. The minimum atomic E-state index is -5.39. The number of rotatable bonds is 2. The normalized spacial score (nSPS) is 12.2. The van der Waals surface area contributed by atoms with Gasteiger partial charge in [0.25, 0.3) is 9.84 Å². The molecule has 0 saturated heterocycles. The van der Waals surface area contributed by atoms with Crippen molar-refractivity contribution in [2.75, 3.05) is 5.32 Å². The highest BCUT2D eigenvalue weighted by atomic mass is 32.2. The zero-order valence-corrected chi connectivity index (χ0v) is 9.39. The number of anilines is 1. The molecular formula is C9H8F3NO3S. The van der Waals surface area contributed by atoms with Crippen LogP contribution in [0.2, 0.25) is 0 Å². The quantitative estimate of drug-likeness (QED) is 0.890. The Morgan fingerprint density at radius 3 is 2.35 bits per heavy atom. The fourth-order valence-corrected chi connectivity index (χ4v) is 1.89. The van der Waals surface area contributed by atoms with E-state index in [0.717, 1.165) is 25.1 Å². The van der Waals surface area contributed by atoms with Gasteiger partial charge in [0.2, 0.25) is 5.91 Å². The molecule has 0 aliphatic heterocycles. The lowest BCUT2D eigenvalue weighted by molar-refractivity contribution is -0.114. The van der Waals surface area contributed by atoms with Gasteiger partial charge in [0, 0.05) is 12.6 Å². The van der Waals surface area contributed by atoms with Crippen LogP contribution >= 0.6 is 0 Å². The zero-order valence-electron chi connectivity index (χ0n) is 8.58. The van der Waals surface area contributed by atoms with Crippen LogP contribution in [-0.4, -0.2) is 19.8 Å². The molecule has 94 valence electrons. The monoisotopic (exact) mass is 267 g/mol. The number of alkyl halides is 3. The van der Waals surface area contributed by atoms with Crippen LogP contribution in [0.5, 0.6) is 0 Å². The summed E-state index contributed by atoms with van der Waals surface area (Å²) in [7, 11) is -5.39. The first-order valence-electron chi connectivity index (χ1n) is 4.33. The van der Waals surface area contributed by atoms with Crippen molar-refractivity contribution in [2.24, 2.45) is 0 Å². The minimum absolute atomic E-state index is 0.0113. The van der Waals surface area contributed by atoms with Gasteiger partial charge in [-0.15, -0.1) is 0 Å². The Kier molecular flexibility index (Phi) is 3.46. The number of hydrogen-bond donors (Lipinski definition) is 1. The van der Waals surface area contributed by atoms with E-state index in [1.165, 1.54) is 6.07 Å². The van der Waals surface area contributed by atoms with Gasteiger partial charge in [0.15, 0.2) is 0 Å². The summed E-state index contributed by atoms with van der Waals surface area (Å²) in [6.07, 6.45) is 0. The molecule has 0 atom stereocenters. The molecule has 0 heterocycles. The number of nitrogens with one attached hydrogen (secondary N) is 1. The predicted molar refractivity (Wildman–Crippen MR) is 54.0 cm³/mol. The van der Waals surface area contributed by atoms with Crippen LogP contribution in [0.15, 0.2) is 29.2 Å². The summed E-state index contributed by atoms with van der Waals surface area (Å²) >= 11 is 0. The standard InChI is InChI=1S/C9H8F3NO3S/c1-6(14)13-7-3-2-4-8(5-7)17(15,16)9(10,11)12/h2-5H,1H3,(H,13,14). The second-order valence-corrected chi connectivity index (χ2v) is 5.10. The number of halogens is 3. The molecule has 0 aliphatic carbocycles. The van der Waals surface area contributed by atoms with Crippen LogP contribution in [0, 0.1) is 0 Å². The number of hydrogen-bond acceptors (Lipinski definition) is 3. The first kappa shape index (κ1) is 13.5. The average Bonchev–Trinajstić information content (AvgIpc) is 2.15. The van der Waals surface area contributed by atoms with Crippen molar-refractivity contribution in [1.29, 1.82) is 0 Å². The van der Waals surface area contributed by atoms with Crippen LogP contribution in [-0.2, 0) is 14.6 Å². The third-order valence-electron chi connectivity index (χ3n) is 1.77. The molecule has 0 bridgehead atoms. The van der Waals surface area contributed by atoms with Crippen molar-refractivity contribution in [3.05, 3.63) is 24.3 Å². The third-order valence-corrected chi connectivity index (χ3v) is 3.25. The van der Waals surface area contributed by atoms with Crippen molar-refractivity contribution < 1.29 is 26.4 Å². The van der Waals surface area contributed by atoms with Gasteiger partial charge in [0.1, 0.15) is 0 Å². The van der Waals surface area contributed by atoms with E-state index in [4.69, 9.17) is 0 Å². The van der Waals surface area contributed by atoms with Gasteiger partial charge in [-0.25, -0.2) is 8.42 Å². The average molecular weight is 267 g/mol. The SMILES string of the molecule is CC(=O)Nc1cccc(S(=O)(=O)C(F)(F)F)c1. The van der Waals surface area contributed by atoms with E-state index in [9.17, 15) is 26.4 Å². The third kappa shape index (κ3) is 2.96. The molecule has 0 aliphatic rings. The van der Waals surface area contributed by atoms with Crippen molar-refractivity contribution in [2.45, 2.75) is 17.3 Å². The van der Waals surface area contributed by atoms with E-state index in [1.807, 2.05) is 0 Å². The Labute approximate surface area is 95.4 Å². The van der Waals surface area contributed by atoms with E-state index >= 15 is 0 Å². The Morgan fingerprint density at radius 2 is 1.88 bits per heavy atom. The molecule has 0 saturated carbocycles. The summed E-state index contributed by atoms with van der Waals surface area (Å²) in [5.74, 6) is -0.508. The number of carbonyl (C=O) groups is 1. The number of benzene rings is 1. The smallest absolute Gasteiger partial charge is 0.326 e. The molecule has 1 aromatic carbocycles. The van der Waals surface area contributed by atoms with Gasteiger partial charge < -0.3 is 5.32 Å². The molecule has 0 unspecified atom stereocenters. The topological polar surface area (TPSA) is 63.2 Å². The van der Waals surface area contributed by atoms with Crippen LogP contribution in [0.1, 0.15) is 6.92 Å². The number of amides is 1. The molecule has 4 nitrogen and oxygen atoms in total. The Bertz CT molecular complexity index is 537. The van der Waals surface area contributed by atoms with Crippen molar-refractivity contribution >= 4 is 21.4 Å². The van der Waals surface area contributed by atoms with E-state index in [0.29, 0.717) is 0 Å². The second-order valence-electron chi connectivity index (χ2n) is 3.16. The van der Waals surface area contributed by atoms with Crippen molar-refractivity contribution in [3.8, 4) is 0 Å². The molecule has 1 rings (SSSR count). The molecule has 0 aromatic heterocycles. The maximum Gasteiger partial charge on any atom is 0.501 e. The highest BCUT2D eigenvalue weighted by molar-refractivity contribution is 7.92. The highest BCUT2D eigenvalue weighted by Crippen LogP contribution is 2.31. The minimum Gasteiger partial charge on any atom is -0.326 e. The summed E-state index contributed by atoms with van der Waals surface area (Å²) in [6.45, 7) is 1.16. The van der Waals surface area contributed by atoms with Crippen LogP contribution in [0.25, 0.3) is 0 Å². The Balaban J connectivity index is 3.21. The fraction of sp³-hybridized carbons (Fsp3) is 0.222. The molecular weight excluding hydrogens is 259 g/mol. The predicted octanol–water partition coefficient (Wildman–Crippen LogP) is 1.94. The summed E-state index contributed by atoms with van der Waals surface area (Å²) < 4.78 is 58.8. The lowest BCUT2D eigenvalue weighted by Gasteiger charge is -2.09. The van der Waals surface area contributed by atoms with Gasteiger partial charge in [-0.2, -0.15) is 13.2 Å². The van der Waals surface area contributed by atoms with Gasteiger partial charge in [-0.3, -0.25) is 4.79 Å².